The topological polar surface area (TPSA) is 40.5 Å². The molecule has 1 fully saturated rings. The van der Waals surface area contributed by atoms with Crippen molar-refractivity contribution in [2.45, 2.75) is 58.5 Å². The highest BCUT2D eigenvalue weighted by Gasteiger charge is 2.47. The average molecular weight is 349 g/mol. The lowest BCUT2D eigenvalue weighted by Crippen LogP contribution is -2.35. The molecule has 2 aromatic carbocycles. The summed E-state index contributed by atoms with van der Waals surface area (Å²) in [7, 11) is 0. The zero-order valence-electron chi connectivity index (χ0n) is 15.8. The average Bonchev–Trinajstić information content (AvgIpc) is 3.20. The minimum atomic E-state index is 0.0710. The van der Waals surface area contributed by atoms with E-state index in [0.29, 0.717) is 24.1 Å². The van der Waals surface area contributed by atoms with Gasteiger partial charge in [0.1, 0.15) is 5.75 Å². The summed E-state index contributed by atoms with van der Waals surface area (Å²) >= 11 is 0. The van der Waals surface area contributed by atoms with E-state index in [4.69, 9.17) is 0 Å². The van der Waals surface area contributed by atoms with Crippen molar-refractivity contribution < 1.29 is 9.90 Å². The molecule has 2 aliphatic carbocycles. The molecule has 3 nitrogen and oxygen atoms in total. The number of benzene rings is 2. The van der Waals surface area contributed by atoms with Gasteiger partial charge in [-0.15, -0.1) is 0 Å². The molecule has 2 aliphatic rings. The van der Waals surface area contributed by atoms with E-state index in [-0.39, 0.29) is 11.9 Å². The van der Waals surface area contributed by atoms with Gasteiger partial charge in [0.25, 0.3) is 0 Å². The molecule has 0 aliphatic heterocycles. The Morgan fingerprint density at radius 1 is 1.19 bits per heavy atom. The first-order chi connectivity index (χ1) is 12.5. The number of carbonyl (C=O) groups excluding carboxylic acids is 1. The highest BCUT2D eigenvalue weighted by atomic mass is 16.3. The first-order valence-electron chi connectivity index (χ1n) is 9.63. The minimum absolute atomic E-state index is 0.0710. The van der Waals surface area contributed by atoms with Crippen molar-refractivity contribution in [1.82, 2.24) is 4.90 Å². The third-order valence-electron chi connectivity index (χ3n) is 6.42. The second-order valence-corrected chi connectivity index (χ2v) is 7.95. The molecule has 2 aromatic rings. The number of phenolic OH excluding ortho intramolecular Hbond substituents is 1. The lowest BCUT2D eigenvalue weighted by atomic mass is 9.92. The summed E-state index contributed by atoms with van der Waals surface area (Å²) in [5, 5.41) is 10.6. The molecular formula is C23H27NO2. The van der Waals surface area contributed by atoms with Gasteiger partial charge < -0.3 is 10.0 Å². The summed E-state index contributed by atoms with van der Waals surface area (Å²) in [5.41, 5.74) is 5.63. The highest BCUT2D eigenvalue weighted by molar-refractivity contribution is 5.75. The van der Waals surface area contributed by atoms with Gasteiger partial charge in [0.15, 0.2) is 0 Å². The second kappa shape index (κ2) is 6.46. The molecule has 3 heteroatoms. The summed E-state index contributed by atoms with van der Waals surface area (Å²) in [5.74, 6) is 1.48. The number of aryl methyl sites for hydroxylation is 1. The number of amides is 1. The fourth-order valence-corrected chi connectivity index (χ4v) is 5.26. The van der Waals surface area contributed by atoms with E-state index in [1.54, 1.807) is 6.92 Å². The largest absolute Gasteiger partial charge is 0.507 e. The fourth-order valence-electron chi connectivity index (χ4n) is 5.26. The van der Waals surface area contributed by atoms with Crippen LogP contribution in [0.2, 0.25) is 0 Å². The number of rotatable bonds is 3. The highest BCUT2D eigenvalue weighted by Crippen LogP contribution is 2.58. The predicted molar refractivity (Wildman–Crippen MR) is 103 cm³/mol. The second-order valence-electron chi connectivity index (χ2n) is 7.95. The van der Waals surface area contributed by atoms with E-state index in [0.717, 1.165) is 23.1 Å². The fraction of sp³-hybridized carbons (Fsp3) is 0.435. The van der Waals surface area contributed by atoms with Gasteiger partial charge in [-0.2, -0.15) is 0 Å². The van der Waals surface area contributed by atoms with E-state index in [9.17, 15) is 9.90 Å². The molecule has 1 N–H and O–H groups in total. The van der Waals surface area contributed by atoms with Crippen molar-refractivity contribution in [3.05, 3.63) is 64.2 Å². The number of hydrogen-bond donors (Lipinski definition) is 1. The van der Waals surface area contributed by atoms with E-state index in [1.165, 1.54) is 24.0 Å². The molecule has 0 heterocycles. The SMILES string of the molecule is CC(=O)N(Cc1ccccc1)C1c2c(cc(C)c(O)c2C)[C@@H]2CCC[C@H]12. The Balaban J connectivity index is 1.82. The van der Waals surface area contributed by atoms with Gasteiger partial charge in [0, 0.05) is 13.5 Å². The first-order valence-corrected chi connectivity index (χ1v) is 9.63. The third kappa shape index (κ3) is 2.61. The molecule has 4 rings (SSSR count). The molecule has 136 valence electrons. The van der Waals surface area contributed by atoms with Crippen molar-refractivity contribution in [3.8, 4) is 5.75 Å². The summed E-state index contributed by atoms with van der Waals surface area (Å²) < 4.78 is 0. The Morgan fingerprint density at radius 3 is 2.62 bits per heavy atom. The standard InChI is InChI=1S/C23H27NO2/c1-14-12-20-18-10-7-11-19(18)22(21(20)15(2)23(14)26)24(16(3)25)13-17-8-5-4-6-9-17/h4-6,8-9,12,18-19,22,26H,7,10-11,13H2,1-3H3/t18-,19+,22?/m1/s1. The number of hydrogen-bond acceptors (Lipinski definition) is 2. The van der Waals surface area contributed by atoms with Crippen LogP contribution in [0, 0.1) is 19.8 Å². The Morgan fingerprint density at radius 2 is 1.92 bits per heavy atom. The van der Waals surface area contributed by atoms with Gasteiger partial charge in [-0.05, 0) is 66.3 Å². The Kier molecular flexibility index (Phi) is 4.26. The van der Waals surface area contributed by atoms with Crippen molar-refractivity contribution in [3.63, 3.8) is 0 Å². The molecule has 0 saturated heterocycles. The smallest absolute Gasteiger partial charge is 0.220 e. The van der Waals surface area contributed by atoms with Crippen LogP contribution in [-0.4, -0.2) is 15.9 Å². The predicted octanol–water partition coefficient (Wildman–Crippen LogP) is 5.00. The molecule has 3 atom stereocenters. The van der Waals surface area contributed by atoms with Crippen LogP contribution in [0.25, 0.3) is 0 Å². The van der Waals surface area contributed by atoms with E-state index in [2.05, 4.69) is 18.2 Å². The van der Waals surface area contributed by atoms with E-state index >= 15 is 0 Å². The number of aromatic hydroxyl groups is 1. The minimum Gasteiger partial charge on any atom is -0.507 e. The zero-order chi connectivity index (χ0) is 18.4. The number of nitrogens with zero attached hydrogens (tertiary/aromatic N) is 1. The monoisotopic (exact) mass is 349 g/mol. The van der Waals surface area contributed by atoms with Gasteiger partial charge in [0.05, 0.1) is 6.04 Å². The number of carbonyl (C=O) groups is 1. The molecule has 26 heavy (non-hydrogen) atoms. The van der Waals surface area contributed by atoms with Crippen LogP contribution in [0.1, 0.15) is 66.0 Å². The molecule has 0 aromatic heterocycles. The van der Waals surface area contributed by atoms with Crippen LogP contribution in [-0.2, 0) is 11.3 Å². The van der Waals surface area contributed by atoms with E-state index < -0.39 is 0 Å². The van der Waals surface area contributed by atoms with Crippen LogP contribution in [0.4, 0.5) is 0 Å². The number of fused-ring (bicyclic) bond motifs is 3. The van der Waals surface area contributed by atoms with Gasteiger partial charge in [0.2, 0.25) is 5.91 Å². The molecule has 1 saturated carbocycles. The molecule has 1 unspecified atom stereocenters. The molecule has 0 radical (unpaired) electrons. The van der Waals surface area contributed by atoms with Gasteiger partial charge in [-0.1, -0.05) is 42.8 Å². The van der Waals surface area contributed by atoms with Crippen LogP contribution in [0.5, 0.6) is 5.75 Å². The van der Waals surface area contributed by atoms with Gasteiger partial charge in [-0.25, -0.2) is 0 Å². The normalized spacial score (nSPS) is 23.6. The van der Waals surface area contributed by atoms with Crippen LogP contribution >= 0.6 is 0 Å². The van der Waals surface area contributed by atoms with Crippen LogP contribution in [0.3, 0.4) is 0 Å². The van der Waals surface area contributed by atoms with Crippen molar-refractivity contribution in [1.29, 1.82) is 0 Å². The number of phenols is 1. The van der Waals surface area contributed by atoms with Crippen molar-refractivity contribution >= 4 is 5.91 Å². The van der Waals surface area contributed by atoms with Gasteiger partial charge in [-0.3, -0.25) is 4.79 Å². The van der Waals surface area contributed by atoms with E-state index in [1.807, 2.05) is 36.9 Å². The summed E-state index contributed by atoms with van der Waals surface area (Å²) in [6, 6.07) is 12.5. The zero-order valence-corrected chi connectivity index (χ0v) is 15.8. The summed E-state index contributed by atoms with van der Waals surface area (Å²) in [6.07, 6.45) is 3.57. The summed E-state index contributed by atoms with van der Waals surface area (Å²) in [4.78, 5) is 14.7. The third-order valence-corrected chi connectivity index (χ3v) is 6.42. The molecular weight excluding hydrogens is 322 g/mol. The molecule has 1 amide bonds. The Hall–Kier alpha value is -2.29. The molecule has 0 bridgehead atoms. The van der Waals surface area contributed by atoms with Crippen LogP contribution in [0.15, 0.2) is 36.4 Å². The summed E-state index contributed by atoms with van der Waals surface area (Å²) in [6.45, 7) is 6.29. The maximum atomic E-state index is 12.7. The lowest BCUT2D eigenvalue weighted by molar-refractivity contribution is -0.133. The van der Waals surface area contributed by atoms with Gasteiger partial charge >= 0.3 is 0 Å². The quantitative estimate of drug-likeness (QED) is 0.847. The maximum Gasteiger partial charge on any atom is 0.220 e. The lowest BCUT2D eigenvalue weighted by Gasteiger charge is -2.34. The maximum absolute atomic E-state index is 12.7. The Labute approximate surface area is 155 Å². The Bertz CT molecular complexity index is 843. The first kappa shape index (κ1) is 17.1. The van der Waals surface area contributed by atoms with Crippen LogP contribution < -0.4 is 0 Å². The van der Waals surface area contributed by atoms with Crippen molar-refractivity contribution in [2.24, 2.45) is 5.92 Å². The van der Waals surface area contributed by atoms with Crippen molar-refractivity contribution in [2.75, 3.05) is 0 Å². The molecule has 0 spiro atoms.